The number of rotatable bonds is 2. The van der Waals surface area contributed by atoms with E-state index in [9.17, 15) is 10.5 Å². The maximum Gasteiger partial charge on any atom is 0.137 e. The minimum Gasteiger partial charge on any atom is -0.468 e. The van der Waals surface area contributed by atoms with Crippen molar-refractivity contribution in [3.05, 3.63) is 69.7 Å². The second-order valence-electron chi connectivity index (χ2n) is 12.0. The van der Waals surface area contributed by atoms with E-state index in [-0.39, 0.29) is 21.8 Å². The number of nitrogens with zero attached hydrogens (tertiary/aromatic N) is 3. The summed E-state index contributed by atoms with van der Waals surface area (Å²) in [4.78, 5) is 2.57. The van der Waals surface area contributed by atoms with Gasteiger partial charge >= 0.3 is 0 Å². The van der Waals surface area contributed by atoms with Gasteiger partial charge in [-0.15, -0.1) is 0 Å². The lowest BCUT2D eigenvalue weighted by atomic mass is 9.69. The van der Waals surface area contributed by atoms with Crippen molar-refractivity contribution < 1.29 is 4.74 Å². The molecule has 4 nitrogen and oxygen atoms in total. The van der Waals surface area contributed by atoms with E-state index in [1.807, 2.05) is 6.08 Å². The number of ether oxygens (including phenoxy) is 1. The summed E-state index contributed by atoms with van der Waals surface area (Å²) in [5, 5.41) is 19.1. The Balaban J connectivity index is 1.90. The van der Waals surface area contributed by atoms with E-state index < -0.39 is 0 Å². The van der Waals surface area contributed by atoms with Gasteiger partial charge in [-0.3, -0.25) is 0 Å². The highest BCUT2D eigenvalue weighted by Gasteiger charge is 2.39. The lowest BCUT2D eigenvalue weighted by Crippen LogP contribution is -2.44. The van der Waals surface area contributed by atoms with Crippen LogP contribution in [0, 0.1) is 28.1 Å². The number of hydrogen-bond acceptors (Lipinski definition) is 4. The lowest BCUT2D eigenvalue weighted by molar-refractivity contribution is 0.239. The van der Waals surface area contributed by atoms with Crippen LogP contribution in [0.4, 0.5) is 5.69 Å². The van der Waals surface area contributed by atoms with Gasteiger partial charge in [0.1, 0.15) is 23.5 Å². The summed E-state index contributed by atoms with van der Waals surface area (Å²) in [5.41, 5.74) is 6.86. The minimum atomic E-state index is -0.280. The Morgan fingerprint density at radius 1 is 0.971 bits per heavy atom. The third kappa shape index (κ3) is 4.07. The average Bonchev–Trinajstić information content (AvgIpc) is 2.77. The molecule has 0 saturated carbocycles. The van der Waals surface area contributed by atoms with Gasteiger partial charge < -0.3 is 9.64 Å². The zero-order valence-electron chi connectivity index (χ0n) is 21.5. The summed E-state index contributed by atoms with van der Waals surface area (Å²) in [5.74, 6) is 0.760. The number of hydrogen-bond donors (Lipinski definition) is 0. The molecule has 0 amide bonds. The fourth-order valence-corrected chi connectivity index (χ4v) is 5.29. The van der Waals surface area contributed by atoms with E-state index in [2.05, 4.69) is 83.7 Å². The predicted octanol–water partition coefficient (Wildman–Crippen LogP) is 7.06. The standard InChI is InChI=1S/C30H35N3O/c1-28(2,3)27-23(22(10-15-34-27)21(18-31)19-32)9-8-20-16-24-26-25(17-20)30(6,7)12-14-33(26)13-11-29(24,4)5/h8-10,15-17H,11-14H2,1-7H3. The normalized spacial score (nSPS) is 20.5. The van der Waals surface area contributed by atoms with E-state index >= 15 is 0 Å². The molecule has 0 aromatic heterocycles. The van der Waals surface area contributed by atoms with E-state index in [1.165, 1.54) is 16.8 Å². The van der Waals surface area contributed by atoms with Crippen molar-refractivity contribution in [1.82, 2.24) is 0 Å². The molecule has 0 unspecified atom stereocenters. The summed E-state index contributed by atoms with van der Waals surface area (Å²) < 4.78 is 5.93. The Morgan fingerprint density at radius 3 is 2.03 bits per heavy atom. The van der Waals surface area contributed by atoms with Crippen molar-refractivity contribution in [1.29, 1.82) is 10.5 Å². The zero-order valence-corrected chi connectivity index (χ0v) is 21.5. The summed E-state index contributed by atoms with van der Waals surface area (Å²) in [6.45, 7) is 17.9. The van der Waals surface area contributed by atoms with Gasteiger partial charge in [0.05, 0.1) is 6.26 Å². The molecule has 4 rings (SSSR count). The van der Waals surface area contributed by atoms with Crippen molar-refractivity contribution in [3.8, 4) is 12.1 Å². The molecule has 1 aromatic rings. The van der Waals surface area contributed by atoms with Crippen molar-refractivity contribution in [2.45, 2.75) is 72.1 Å². The molecule has 0 aliphatic carbocycles. The molecule has 3 aliphatic heterocycles. The van der Waals surface area contributed by atoms with Crippen LogP contribution < -0.4 is 4.90 Å². The van der Waals surface area contributed by atoms with Crippen LogP contribution in [-0.4, -0.2) is 13.1 Å². The van der Waals surface area contributed by atoms with Crippen LogP contribution in [0.25, 0.3) is 6.08 Å². The van der Waals surface area contributed by atoms with E-state index in [0.29, 0.717) is 5.57 Å². The SMILES string of the molecule is CC(C)(C)C1=C(C=Cc2cc3c4c(c2)C(C)(C)CCN4CCC3(C)C)C(=C(C#N)C#N)C=CO1. The Hall–Kier alpha value is -3.24. The summed E-state index contributed by atoms with van der Waals surface area (Å²) in [6.07, 6.45) is 9.72. The fourth-order valence-electron chi connectivity index (χ4n) is 5.29. The molecular formula is C30H35N3O. The van der Waals surface area contributed by atoms with Gasteiger partial charge in [0.15, 0.2) is 0 Å². The Morgan fingerprint density at radius 2 is 1.53 bits per heavy atom. The molecule has 0 bridgehead atoms. The average molecular weight is 454 g/mol. The molecule has 34 heavy (non-hydrogen) atoms. The van der Waals surface area contributed by atoms with Crippen LogP contribution in [-0.2, 0) is 15.6 Å². The number of benzene rings is 1. The number of anilines is 1. The predicted molar refractivity (Wildman–Crippen MR) is 138 cm³/mol. The van der Waals surface area contributed by atoms with Crippen molar-refractivity contribution in [3.63, 3.8) is 0 Å². The van der Waals surface area contributed by atoms with Crippen LogP contribution in [0.15, 0.2) is 53.0 Å². The first-order valence-corrected chi connectivity index (χ1v) is 12.1. The quantitative estimate of drug-likeness (QED) is 0.450. The maximum absolute atomic E-state index is 9.56. The van der Waals surface area contributed by atoms with Crippen molar-refractivity contribution in [2.24, 2.45) is 5.41 Å². The smallest absolute Gasteiger partial charge is 0.137 e. The van der Waals surface area contributed by atoms with E-state index in [4.69, 9.17) is 4.74 Å². The van der Waals surface area contributed by atoms with Crippen LogP contribution in [0.2, 0.25) is 0 Å². The van der Waals surface area contributed by atoms with Gasteiger partial charge in [0, 0.05) is 35.3 Å². The second kappa shape index (κ2) is 8.21. The highest BCUT2D eigenvalue weighted by Crippen LogP contribution is 2.49. The second-order valence-corrected chi connectivity index (χ2v) is 12.0. The molecular weight excluding hydrogens is 418 g/mol. The van der Waals surface area contributed by atoms with E-state index in [1.54, 1.807) is 12.3 Å². The minimum absolute atomic E-state index is 0.0967. The molecule has 0 fully saturated rings. The van der Waals surface area contributed by atoms with Gasteiger partial charge in [-0.1, -0.05) is 60.6 Å². The third-order valence-corrected chi connectivity index (χ3v) is 7.49. The Bertz CT molecular complexity index is 1180. The largest absolute Gasteiger partial charge is 0.468 e. The fraction of sp³-hybridized carbons (Fsp3) is 0.467. The third-order valence-electron chi connectivity index (χ3n) is 7.49. The first-order valence-electron chi connectivity index (χ1n) is 12.1. The van der Waals surface area contributed by atoms with Crippen molar-refractivity contribution in [2.75, 3.05) is 18.0 Å². The lowest BCUT2D eigenvalue weighted by Gasteiger charge is -2.48. The molecule has 0 radical (unpaired) electrons. The Labute approximate surface area is 204 Å². The molecule has 0 spiro atoms. The first kappa shape index (κ1) is 23.9. The molecule has 3 aliphatic rings. The molecule has 176 valence electrons. The summed E-state index contributed by atoms with van der Waals surface area (Å²) in [7, 11) is 0. The number of nitriles is 2. The highest BCUT2D eigenvalue weighted by atomic mass is 16.5. The topological polar surface area (TPSA) is 60.0 Å². The Kier molecular flexibility index (Phi) is 5.77. The molecule has 0 atom stereocenters. The van der Waals surface area contributed by atoms with E-state index in [0.717, 1.165) is 42.8 Å². The van der Waals surface area contributed by atoms with Crippen molar-refractivity contribution >= 4 is 11.8 Å². The summed E-state index contributed by atoms with van der Waals surface area (Å²) >= 11 is 0. The van der Waals surface area contributed by atoms with Crippen LogP contribution >= 0.6 is 0 Å². The highest BCUT2D eigenvalue weighted by molar-refractivity contribution is 5.73. The van der Waals surface area contributed by atoms with Crippen LogP contribution in [0.1, 0.15) is 78.0 Å². The first-order chi connectivity index (χ1) is 15.9. The molecule has 3 heterocycles. The molecule has 0 saturated heterocycles. The van der Waals surface area contributed by atoms with Gasteiger partial charge in [-0.25, -0.2) is 0 Å². The van der Waals surface area contributed by atoms with Crippen LogP contribution in [0.3, 0.4) is 0 Å². The van der Waals surface area contributed by atoms with Gasteiger partial charge in [-0.2, -0.15) is 10.5 Å². The molecule has 1 aromatic carbocycles. The molecule has 0 N–H and O–H groups in total. The van der Waals surface area contributed by atoms with Gasteiger partial charge in [0.25, 0.3) is 0 Å². The number of allylic oxidation sites excluding steroid dienone is 6. The monoisotopic (exact) mass is 453 g/mol. The zero-order chi connectivity index (χ0) is 24.9. The maximum atomic E-state index is 9.56. The van der Waals surface area contributed by atoms with Gasteiger partial charge in [-0.05, 0) is 58.6 Å². The van der Waals surface area contributed by atoms with Crippen LogP contribution in [0.5, 0.6) is 0 Å². The summed E-state index contributed by atoms with van der Waals surface area (Å²) in [6, 6.07) is 8.77. The molecule has 4 heteroatoms. The van der Waals surface area contributed by atoms with Gasteiger partial charge in [0.2, 0.25) is 0 Å².